The largest absolute Gasteiger partial charge is 0.461 e. The van der Waals surface area contributed by atoms with Crippen LogP contribution in [0.3, 0.4) is 0 Å². The Balaban J connectivity index is 1.74. The van der Waals surface area contributed by atoms with E-state index in [4.69, 9.17) is 9.29 Å². The van der Waals surface area contributed by atoms with Gasteiger partial charge in [0.2, 0.25) is 6.04 Å². The molecule has 3 aromatic rings. The molecule has 0 bridgehead atoms. The number of azo groups is 1. The van der Waals surface area contributed by atoms with E-state index < -0.39 is 43.1 Å². The molecule has 0 saturated carbocycles. The van der Waals surface area contributed by atoms with E-state index in [0.29, 0.717) is 5.39 Å². The van der Waals surface area contributed by atoms with Crippen LogP contribution in [0.5, 0.6) is 0 Å². The summed E-state index contributed by atoms with van der Waals surface area (Å²) < 4.78 is 69.7. The molecule has 0 spiro atoms. The lowest BCUT2D eigenvalue weighted by Crippen LogP contribution is -2.33. The molecule has 0 unspecified atom stereocenters. The molecule has 0 fully saturated rings. The van der Waals surface area contributed by atoms with Crippen molar-refractivity contribution in [3.05, 3.63) is 60.7 Å². The lowest BCUT2D eigenvalue weighted by Gasteiger charge is -2.12. The van der Waals surface area contributed by atoms with Gasteiger partial charge in [0.05, 0.1) is 22.9 Å². The maximum atomic E-state index is 13.1. The number of carbonyl (C=O) groups is 2. The van der Waals surface area contributed by atoms with Crippen molar-refractivity contribution in [1.82, 2.24) is 0 Å². The molecule has 4 rings (SSSR count). The Bertz CT molecular complexity index is 1680. The second kappa shape index (κ2) is 9.78. The summed E-state index contributed by atoms with van der Waals surface area (Å²) in [4.78, 5) is 24.9. The molecular formula is C22H18N4O9S2. The standard InChI is InChI=1S/C22H18N4O9S2/c1-2-35-22(28)20-19(21(27)26(25-20)13-7-9-14(10-8-13)36(29,30)31)24-23-17-11-12-18(37(32,33)34)16-6-4-3-5-15(16)17/h3-12,19H,2H2,1H3,(H,29,30,31)(H,32,33,34)/t19-/m1/s1. The molecule has 1 amide bonds. The molecule has 1 atom stereocenters. The first kappa shape index (κ1) is 26.0. The molecule has 0 aliphatic carbocycles. The molecule has 0 aromatic heterocycles. The molecule has 2 N–H and O–H groups in total. The van der Waals surface area contributed by atoms with E-state index in [1.54, 1.807) is 19.1 Å². The van der Waals surface area contributed by atoms with Gasteiger partial charge < -0.3 is 4.74 Å². The molecule has 1 aliphatic heterocycles. The van der Waals surface area contributed by atoms with Gasteiger partial charge in [0.25, 0.3) is 26.1 Å². The number of hydrogen-bond donors (Lipinski definition) is 2. The van der Waals surface area contributed by atoms with Crippen molar-refractivity contribution >= 4 is 60.0 Å². The van der Waals surface area contributed by atoms with Gasteiger partial charge in [-0.15, -0.1) is 0 Å². The Morgan fingerprint density at radius 1 is 0.973 bits per heavy atom. The fourth-order valence-electron chi connectivity index (χ4n) is 3.54. The van der Waals surface area contributed by atoms with Crippen molar-refractivity contribution in [2.24, 2.45) is 15.3 Å². The van der Waals surface area contributed by atoms with Gasteiger partial charge in [0, 0.05) is 10.8 Å². The molecule has 0 radical (unpaired) electrons. The van der Waals surface area contributed by atoms with Crippen LogP contribution < -0.4 is 5.01 Å². The van der Waals surface area contributed by atoms with Crippen LogP contribution >= 0.6 is 0 Å². The van der Waals surface area contributed by atoms with E-state index in [9.17, 15) is 31.0 Å². The molecule has 1 heterocycles. The lowest BCUT2D eigenvalue weighted by molar-refractivity contribution is -0.135. The summed E-state index contributed by atoms with van der Waals surface area (Å²) in [6.07, 6.45) is 0. The summed E-state index contributed by atoms with van der Waals surface area (Å²) in [5.74, 6) is -1.73. The molecule has 13 nitrogen and oxygen atoms in total. The number of fused-ring (bicyclic) bond motifs is 1. The third kappa shape index (κ3) is 5.24. The van der Waals surface area contributed by atoms with Gasteiger partial charge in [-0.05, 0) is 43.3 Å². The zero-order chi connectivity index (χ0) is 27.0. The zero-order valence-corrected chi connectivity index (χ0v) is 20.5. The third-order valence-electron chi connectivity index (χ3n) is 5.19. The van der Waals surface area contributed by atoms with Crippen LogP contribution in [0.2, 0.25) is 0 Å². The van der Waals surface area contributed by atoms with Crippen molar-refractivity contribution in [1.29, 1.82) is 0 Å². The van der Waals surface area contributed by atoms with Gasteiger partial charge >= 0.3 is 5.97 Å². The molecule has 0 saturated heterocycles. The first-order chi connectivity index (χ1) is 17.4. The number of ether oxygens (including phenoxy) is 1. The molecule has 192 valence electrons. The highest BCUT2D eigenvalue weighted by Crippen LogP contribution is 2.32. The Hall–Kier alpha value is -4.05. The van der Waals surface area contributed by atoms with Gasteiger partial charge in [-0.25, -0.2) is 4.79 Å². The van der Waals surface area contributed by atoms with E-state index in [1.165, 1.54) is 30.3 Å². The summed E-state index contributed by atoms with van der Waals surface area (Å²) in [7, 11) is -9.00. The predicted molar refractivity (Wildman–Crippen MR) is 130 cm³/mol. The van der Waals surface area contributed by atoms with Crippen molar-refractivity contribution in [2.75, 3.05) is 11.6 Å². The molecule has 3 aromatic carbocycles. The summed E-state index contributed by atoms with van der Waals surface area (Å²) in [5.41, 5.74) is -0.150. The van der Waals surface area contributed by atoms with E-state index in [2.05, 4.69) is 15.3 Å². The van der Waals surface area contributed by atoms with Crippen LogP contribution in [0, 0.1) is 0 Å². The number of amides is 1. The lowest BCUT2D eigenvalue weighted by atomic mass is 10.1. The van der Waals surface area contributed by atoms with Crippen molar-refractivity contribution in [2.45, 2.75) is 22.8 Å². The summed E-state index contributed by atoms with van der Waals surface area (Å²) >= 11 is 0. The summed E-state index contributed by atoms with van der Waals surface area (Å²) in [6, 6.07) is 11.6. The summed E-state index contributed by atoms with van der Waals surface area (Å²) in [6.45, 7) is 1.54. The fourth-order valence-corrected chi connectivity index (χ4v) is 4.71. The highest BCUT2D eigenvalue weighted by Gasteiger charge is 2.42. The van der Waals surface area contributed by atoms with E-state index >= 15 is 0 Å². The van der Waals surface area contributed by atoms with E-state index in [1.807, 2.05) is 0 Å². The predicted octanol–water partition coefficient (Wildman–Crippen LogP) is 2.75. The molecule has 15 heteroatoms. The van der Waals surface area contributed by atoms with E-state index in [0.717, 1.165) is 23.2 Å². The van der Waals surface area contributed by atoms with Gasteiger partial charge in [0.15, 0.2) is 5.71 Å². The summed E-state index contributed by atoms with van der Waals surface area (Å²) in [5, 5.41) is 13.3. The Morgan fingerprint density at radius 2 is 1.62 bits per heavy atom. The van der Waals surface area contributed by atoms with E-state index in [-0.39, 0.29) is 34.0 Å². The Morgan fingerprint density at radius 3 is 2.22 bits per heavy atom. The first-order valence-corrected chi connectivity index (χ1v) is 13.4. The molecule has 37 heavy (non-hydrogen) atoms. The second-order valence-electron chi connectivity index (χ2n) is 7.55. The average molecular weight is 547 g/mol. The number of rotatable bonds is 7. The fraction of sp³-hybridized carbons (Fsp3) is 0.136. The highest BCUT2D eigenvalue weighted by molar-refractivity contribution is 7.86. The Labute approximate surface area is 210 Å². The van der Waals surface area contributed by atoms with Crippen LogP contribution in [0.4, 0.5) is 11.4 Å². The van der Waals surface area contributed by atoms with Crippen molar-refractivity contribution in [3.8, 4) is 0 Å². The number of anilines is 1. The topological polar surface area (TPSA) is 192 Å². The number of carbonyl (C=O) groups excluding carboxylic acids is 2. The molecular weight excluding hydrogens is 528 g/mol. The number of esters is 1. The van der Waals surface area contributed by atoms with Gasteiger partial charge in [-0.1, -0.05) is 24.3 Å². The van der Waals surface area contributed by atoms with Crippen LogP contribution in [0.15, 0.2) is 85.8 Å². The van der Waals surface area contributed by atoms with Crippen LogP contribution in [-0.2, 0) is 34.6 Å². The highest BCUT2D eigenvalue weighted by atomic mass is 32.2. The van der Waals surface area contributed by atoms with Gasteiger partial charge in [0.1, 0.15) is 4.90 Å². The van der Waals surface area contributed by atoms with Gasteiger partial charge in [-0.3, -0.25) is 13.9 Å². The maximum absolute atomic E-state index is 13.1. The van der Waals surface area contributed by atoms with Crippen LogP contribution in [-0.4, -0.2) is 56.2 Å². The minimum atomic E-state index is -4.53. The monoisotopic (exact) mass is 546 g/mol. The van der Waals surface area contributed by atoms with Crippen LogP contribution in [0.25, 0.3) is 10.8 Å². The molecule has 1 aliphatic rings. The number of nitrogens with zero attached hydrogens (tertiary/aromatic N) is 4. The number of benzene rings is 3. The zero-order valence-electron chi connectivity index (χ0n) is 18.9. The Kier molecular flexibility index (Phi) is 6.88. The first-order valence-electron chi connectivity index (χ1n) is 10.5. The van der Waals surface area contributed by atoms with Crippen molar-refractivity contribution in [3.63, 3.8) is 0 Å². The SMILES string of the molecule is CCOC(=O)C1=NN(c2ccc(S(=O)(=O)O)cc2)C(=O)[C@@H]1N=Nc1ccc(S(=O)(=O)O)c2ccccc12. The average Bonchev–Trinajstić information content (AvgIpc) is 3.17. The number of hydrazone groups is 1. The van der Waals surface area contributed by atoms with Crippen molar-refractivity contribution < 1.29 is 40.3 Å². The third-order valence-corrected chi connectivity index (χ3v) is 6.97. The van der Waals surface area contributed by atoms with Gasteiger partial charge in [-0.2, -0.15) is 37.2 Å². The van der Waals surface area contributed by atoms with Crippen LogP contribution in [0.1, 0.15) is 6.92 Å². The maximum Gasteiger partial charge on any atom is 0.357 e. The normalized spacial score (nSPS) is 16.4. The minimum Gasteiger partial charge on any atom is -0.461 e. The quantitative estimate of drug-likeness (QED) is 0.255. The number of hydrogen-bond acceptors (Lipinski definition) is 10. The minimum absolute atomic E-state index is 0.0132. The smallest absolute Gasteiger partial charge is 0.357 e. The second-order valence-corrected chi connectivity index (χ2v) is 10.4.